The fourth-order valence-corrected chi connectivity index (χ4v) is 7.95. The molecule has 0 saturated carbocycles. The lowest BCUT2D eigenvalue weighted by Crippen LogP contribution is -2.60. The van der Waals surface area contributed by atoms with Crippen molar-refractivity contribution in [3.05, 3.63) is 51.6 Å². The minimum atomic E-state index is -1.88. The smallest absolute Gasteiger partial charge is 0.229 e. The molecule has 0 bridgehead atoms. The van der Waals surface area contributed by atoms with Crippen molar-refractivity contribution in [2.45, 2.75) is 95.3 Å². The summed E-state index contributed by atoms with van der Waals surface area (Å²) >= 11 is 0. The lowest BCUT2D eigenvalue weighted by atomic mass is 9.73. The number of carbonyl (C=O) groups excluding carboxylic acids is 2. The summed E-state index contributed by atoms with van der Waals surface area (Å²) in [4.78, 5) is 28.6. The topological polar surface area (TPSA) is 253 Å². The number of aromatic hydroxyl groups is 4. The van der Waals surface area contributed by atoms with Crippen molar-refractivity contribution in [3.8, 4) is 39.9 Å². The summed E-state index contributed by atoms with van der Waals surface area (Å²) in [7, 11) is 0. The lowest BCUT2D eigenvalue weighted by Gasteiger charge is -2.40. The zero-order valence-electron chi connectivity index (χ0n) is 27.9. The second-order valence-electron chi connectivity index (χ2n) is 13.5. The summed E-state index contributed by atoms with van der Waals surface area (Å²) in [6, 6.07) is 3.11. The van der Waals surface area contributed by atoms with Crippen LogP contribution in [0.3, 0.4) is 0 Å². The number of ether oxygens (including phenoxy) is 4. The van der Waals surface area contributed by atoms with Crippen LogP contribution in [0.15, 0.2) is 29.3 Å². The molecule has 10 atom stereocenters. The number of ketones is 2. The molecule has 7 rings (SSSR count). The van der Waals surface area contributed by atoms with Crippen LogP contribution in [0.4, 0.5) is 0 Å². The molecule has 15 heteroatoms. The molecule has 272 valence electrons. The van der Waals surface area contributed by atoms with Crippen molar-refractivity contribution in [1.29, 1.82) is 0 Å². The minimum absolute atomic E-state index is 0.00327. The zero-order chi connectivity index (χ0) is 37.0. The van der Waals surface area contributed by atoms with Crippen molar-refractivity contribution in [1.82, 2.24) is 0 Å². The number of phenolic OH excluding ortho intramolecular Hbond substituents is 4. The van der Waals surface area contributed by atoms with E-state index in [-0.39, 0.29) is 61.9 Å². The van der Waals surface area contributed by atoms with E-state index >= 15 is 0 Å². The van der Waals surface area contributed by atoms with Gasteiger partial charge in [-0.2, -0.15) is 0 Å². The third-order valence-electron chi connectivity index (χ3n) is 10.2. The number of fused-ring (bicyclic) bond motifs is 3. The van der Waals surface area contributed by atoms with E-state index in [1.807, 2.05) is 0 Å². The van der Waals surface area contributed by atoms with Crippen LogP contribution in [-0.4, -0.2) is 113 Å². The second kappa shape index (κ2) is 12.4. The zero-order valence-corrected chi connectivity index (χ0v) is 27.9. The van der Waals surface area contributed by atoms with Gasteiger partial charge in [0.05, 0.1) is 42.0 Å². The normalized spacial score (nSPS) is 32.1. The number of hydrogen-bond acceptors (Lipinski definition) is 15. The Hall–Kier alpha value is -4.32. The number of aliphatic hydroxyl groups is 5. The highest BCUT2D eigenvalue weighted by Gasteiger charge is 2.47. The van der Waals surface area contributed by atoms with Crippen LogP contribution in [-0.2, 0) is 14.2 Å². The molecule has 1 saturated heterocycles. The molecule has 0 unspecified atom stereocenters. The average Bonchev–Trinajstić information content (AvgIpc) is 3.05. The van der Waals surface area contributed by atoms with Gasteiger partial charge in [-0.25, -0.2) is 0 Å². The fraction of sp³-hybridized carbons (Fsp3) is 0.444. The van der Waals surface area contributed by atoms with Gasteiger partial charge in [0, 0.05) is 62.9 Å². The van der Waals surface area contributed by atoms with E-state index < -0.39 is 108 Å². The standard InChI is InChI=1S/C36H38O15/c1-10-5-16-21(11(2)48-10)32(44)26-18(40)8-17(39)25(28(26)30(16)42)24-15-6-14(38)7-19(50-36-35(47)34(46)31(43)20(9-37)51-36)23(15)33(45)22-12(3)49-13(4)29(41)27(22)24/h6-8,10-13,20,29,31,34-41,43,45-47H,5,9H2,1-4H3/t10-,11-,12+,13-,20+,29-,31-,34-,35+,36-/m1/s1. The average molecular weight is 711 g/mol. The maximum absolute atomic E-state index is 14.5. The van der Waals surface area contributed by atoms with E-state index in [9.17, 15) is 55.5 Å². The van der Waals surface area contributed by atoms with E-state index in [0.717, 1.165) is 12.1 Å². The van der Waals surface area contributed by atoms with E-state index in [2.05, 4.69) is 0 Å². The maximum atomic E-state index is 14.5. The quantitative estimate of drug-likeness (QED) is 0.187. The lowest BCUT2D eigenvalue weighted by molar-refractivity contribution is -0.277. The fourth-order valence-electron chi connectivity index (χ4n) is 7.95. The van der Waals surface area contributed by atoms with E-state index in [0.29, 0.717) is 0 Å². The summed E-state index contributed by atoms with van der Waals surface area (Å²) in [6.07, 6.45) is -13.1. The molecule has 9 N–H and O–H groups in total. The summed E-state index contributed by atoms with van der Waals surface area (Å²) in [5.41, 5.74) is -0.984. The molecule has 0 aromatic heterocycles. The van der Waals surface area contributed by atoms with Crippen LogP contribution in [0.5, 0.6) is 28.7 Å². The predicted octanol–water partition coefficient (Wildman–Crippen LogP) is 1.89. The van der Waals surface area contributed by atoms with Gasteiger partial charge in [0.15, 0.2) is 11.6 Å². The third kappa shape index (κ3) is 5.18. The van der Waals surface area contributed by atoms with E-state index in [4.69, 9.17) is 18.9 Å². The number of phenols is 4. The van der Waals surface area contributed by atoms with Gasteiger partial charge in [0.25, 0.3) is 0 Å². The summed E-state index contributed by atoms with van der Waals surface area (Å²) in [6.45, 7) is 5.73. The second-order valence-corrected chi connectivity index (χ2v) is 13.5. The van der Waals surface area contributed by atoms with Crippen molar-refractivity contribution in [2.75, 3.05) is 6.61 Å². The van der Waals surface area contributed by atoms with Crippen molar-refractivity contribution in [3.63, 3.8) is 0 Å². The van der Waals surface area contributed by atoms with E-state index in [1.54, 1.807) is 27.7 Å². The number of carbonyl (C=O) groups is 2. The Bertz CT molecular complexity index is 2020. The predicted molar refractivity (Wildman–Crippen MR) is 175 cm³/mol. The maximum Gasteiger partial charge on any atom is 0.229 e. The van der Waals surface area contributed by atoms with Crippen LogP contribution >= 0.6 is 0 Å². The number of rotatable bonds is 4. The molecule has 0 amide bonds. The first kappa shape index (κ1) is 35.1. The van der Waals surface area contributed by atoms with Gasteiger partial charge in [-0.3, -0.25) is 9.59 Å². The first-order chi connectivity index (χ1) is 24.1. The Morgan fingerprint density at radius 1 is 0.745 bits per heavy atom. The van der Waals surface area contributed by atoms with Gasteiger partial charge in [0.1, 0.15) is 59.3 Å². The molecule has 3 aliphatic heterocycles. The number of hydrogen-bond donors (Lipinski definition) is 9. The van der Waals surface area contributed by atoms with Gasteiger partial charge in [-0.15, -0.1) is 0 Å². The van der Waals surface area contributed by atoms with Gasteiger partial charge in [-0.05, 0) is 33.8 Å². The number of benzene rings is 3. The molecule has 0 radical (unpaired) electrons. The summed E-state index contributed by atoms with van der Waals surface area (Å²) < 4.78 is 23.2. The first-order valence-corrected chi connectivity index (χ1v) is 16.5. The summed E-state index contributed by atoms with van der Waals surface area (Å²) in [5.74, 6) is -4.11. The molecule has 1 fully saturated rings. The van der Waals surface area contributed by atoms with Crippen LogP contribution in [0.1, 0.15) is 78.2 Å². The number of aliphatic hydroxyl groups excluding tert-OH is 5. The van der Waals surface area contributed by atoms with Crippen LogP contribution in [0.25, 0.3) is 21.9 Å². The Kier molecular flexibility index (Phi) is 8.55. The Labute approximate surface area is 290 Å². The first-order valence-electron chi connectivity index (χ1n) is 16.5. The molecular weight excluding hydrogens is 672 g/mol. The van der Waals surface area contributed by atoms with Gasteiger partial charge >= 0.3 is 0 Å². The van der Waals surface area contributed by atoms with Crippen LogP contribution < -0.4 is 4.74 Å². The molecule has 15 nitrogen and oxygen atoms in total. The highest BCUT2D eigenvalue weighted by Crippen LogP contribution is 2.57. The number of Topliss-reactive ketones (excluding diaryl/α,β-unsaturated/α-hetero) is 2. The summed E-state index contributed by atoms with van der Waals surface area (Å²) in [5, 5.41) is 98.2. The Morgan fingerprint density at radius 2 is 1.43 bits per heavy atom. The van der Waals surface area contributed by atoms with E-state index in [1.165, 1.54) is 6.07 Å². The SMILES string of the molecule is C[C@@H]1CC2=C(C(=O)c3c(O)cc(O)c(-c4c5c(c(O)c6c(O[C@@H]7O[C@@H](CO)[C@@H](O)[C@@H](O)[C@@H]7O)cc(O)cc46)[C@H](C)O[C@H](C)[C@H]5O)c3C2=O)[C@@H](C)O1. The molecule has 3 aromatic carbocycles. The molecule has 0 spiro atoms. The monoisotopic (exact) mass is 710 g/mol. The highest BCUT2D eigenvalue weighted by atomic mass is 16.7. The largest absolute Gasteiger partial charge is 0.508 e. The van der Waals surface area contributed by atoms with Crippen LogP contribution in [0, 0.1) is 0 Å². The highest BCUT2D eigenvalue weighted by molar-refractivity contribution is 6.31. The van der Waals surface area contributed by atoms with Gasteiger partial charge in [-0.1, -0.05) is 0 Å². The van der Waals surface area contributed by atoms with Crippen molar-refractivity contribution < 1.29 is 74.5 Å². The molecule has 4 aliphatic rings. The van der Waals surface area contributed by atoms with Crippen molar-refractivity contribution in [2.24, 2.45) is 0 Å². The van der Waals surface area contributed by atoms with Crippen LogP contribution in [0.2, 0.25) is 0 Å². The molecular formula is C36H38O15. The van der Waals surface area contributed by atoms with Crippen molar-refractivity contribution >= 4 is 22.3 Å². The Balaban J connectivity index is 1.56. The van der Waals surface area contributed by atoms with Gasteiger partial charge in [0.2, 0.25) is 6.29 Å². The molecule has 1 aliphatic carbocycles. The minimum Gasteiger partial charge on any atom is -0.508 e. The third-order valence-corrected chi connectivity index (χ3v) is 10.2. The Morgan fingerprint density at radius 3 is 2.12 bits per heavy atom. The molecule has 3 aromatic rings. The van der Waals surface area contributed by atoms with Gasteiger partial charge < -0.3 is 64.9 Å². The molecule has 51 heavy (non-hydrogen) atoms. The molecule has 3 heterocycles.